The Morgan fingerprint density at radius 1 is 1.13 bits per heavy atom. The molecule has 1 heterocycles. The van der Waals surface area contributed by atoms with E-state index < -0.39 is 0 Å². The molecule has 1 aromatic rings. The zero-order valence-corrected chi connectivity index (χ0v) is 16.1. The topological polar surface area (TPSA) is 15.3 Å². The van der Waals surface area contributed by atoms with Crippen molar-refractivity contribution in [1.29, 1.82) is 0 Å². The summed E-state index contributed by atoms with van der Waals surface area (Å²) in [6.07, 6.45) is 6.86. The zero-order valence-electron chi connectivity index (χ0n) is 13.7. The second kappa shape index (κ2) is 10.8. The number of hydrogen-bond acceptors (Lipinski definition) is 2. The summed E-state index contributed by atoms with van der Waals surface area (Å²) < 4.78 is 0. The minimum absolute atomic E-state index is 0. The number of halogens is 3. The average Bonchev–Trinajstić information content (AvgIpc) is 2.97. The highest BCUT2D eigenvalue weighted by Gasteiger charge is 2.28. The van der Waals surface area contributed by atoms with Crippen LogP contribution in [0.25, 0.3) is 0 Å². The third kappa shape index (κ3) is 6.10. The molecule has 2 atom stereocenters. The predicted molar refractivity (Wildman–Crippen MR) is 105 cm³/mol. The Kier molecular flexibility index (Phi) is 9.87. The van der Waals surface area contributed by atoms with Gasteiger partial charge in [-0.1, -0.05) is 30.2 Å². The summed E-state index contributed by atoms with van der Waals surface area (Å²) in [6, 6.07) is 8.54. The smallest absolute Gasteiger partial charge is 0.0408 e. The van der Waals surface area contributed by atoms with Crippen LogP contribution in [0.2, 0.25) is 5.02 Å². The van der Waals surface area contributed by atoms with Crippen LogP contribution in [0.1, 0.15) is 43.6 Å². The molecule has 1 aliphatic carbocycles. The molecule has 2 unspecified atom stereocenters. The fourth-order valence-electron chi connectivity index (χ4n) is 4.07. The average molecular weight is 380 g/mol. The van der Waals surface area contributed by atoms with Crippen molar-refractivity contribution < 1.29 is 0 Å². The largest absolute Gasteiger partial charge is 0.314 e. The Balaban J connectivity index is 0.00000132. The summed E-state index contributed by atoms with van der Waals surface area (Å²) in [5.41, 5.74) is 1.46. The van der Waals surface area contributed by atoms with Crippen molar-refractivity contribution >= 4 is 36.4 Å². The Hall–Kier alpha value is 0.01000. The molecule has 0 spiro atoms. The van der Waals surface area contributed by atoms with E-state index in [9.17, 15) is 0 Å². The minimum Gasteiger partial charge on any atom is -0.314 e. The number of nitrogens with one attached hydrogen (secondary N) is 1. The van der Waals surface area contributed by atoms with Gasteiger partial charge in [-0.2, -0.15) is 0 Å². The molecule has 0 radical (unpaired) electrons. The van der Waals surface area contributed by atoms with E-state index in [1.165, 1.54) is 57.3 Å². The van der Waals surface area contributed by atoms with Crippen molar-refractivity contribution in [2.45, 2.75) is 38.0 Å². The van der Waals surface area contributed by atoms with Crippen molar-refractivity contribution in [3.05, 3.63) is 34.9 Å². The van der Waals surface area contributed by atoms with E-state index in [1.54, 1.807) is 0 Å². The molecule has 132 valence electrons. The van der Waals surface area contributed by atoms with Gasteiger partial charge >= 0.3 is 0 Å². The van der Waals surface area contributed by atoms with E-state index >= 15 is 0 Å². The van der Waals surface area contributed by atoms with E-state index in [0.717, 1.165) is 29.9 Å². The maximum atomic E-state index is 6.16. The Bertz CT molecular complexity index is 450. The monoisotopic (exact) mass is 378 g/mol. The van der Waals surface area contributed by atoms with Gasteiger partial charge in [0, 0.05) is 31.2 Å². The first-order valence-electron chi connectivity index (χ1n) is 8.51. The summed E-state index contributed by atoms with van der Waals surface area (Å²) >= 11 is 6.16. The molecule has 0 bridgehead atoms. The highest BCUT2D eigenvalue weighted by Crippen LogP contribution is 2.42. The maximum absolute atomic E-state index is 6.16. The first-order chi connectivity index (χ1) is 10.3. The lowest BCUT2D eigenvalue weighted by molar-refractivity contribution is 0.230. The van der Waals surface area contributed by atoms with Crippen LogP contribution in [0.5, 0.6) is 0 Å². The fourth-order valence-corrected chi connectivity index (χ4v) is 4.27. The van der Waals surface area contributed by atoms with Gasteiger partial charge in [0.2, 0.25) is 0 Å². The molecule has 3 rings (SSSR count). The van der Waals surface area contributed by atoms with Crippen LogP contribution in [0, 0.1) is 5.92 Å². The third-order valence-electron chi connectivity index (χ3n) is 5.19. The molecule has 2 aliphatic rings. The van der Waals surface area contributed by atoms with E-state index in [-0.39, 0.29) is 24.8 Å². The predicted octanol–water partition coefficient (Wildman–Crippen LogP) is 4.75. The SMILES string of the molecule is Cl.Cl.Clc1cccc(C2CCCC2CCCN2CCNCC2)c1. The Morgan fingerprint density at radius 2 is 1.91 bits per heavy atom. The van der Waals surface area contributed by atoms with Crippen LogP contribution in [0.3, 0.4) is 0 Å². The second-order valence-electron chi connectivity index (χ2n) is 6.59. The van der Waals surface area contributed by atoms with Crippen LogP contribution in [-0.2, 0) is 0 Å². The molecule has 1 aromatic carbocycles. The molecular weight excluding hydrogens is 351 g/mol. The van der Waals surface area contributed by atoms with Crippen molar-refractivity contribution in [3.8, 4) is 0 Å². The Morgan fingerprint density at radius 3 is 2.65 bits per heavy atom. The number of piperazine rings is 1. The van der Waals surface area contributed by atoms with Crippen molar-refractivity contribution in [2.24, 2.45) is 5.92 Å². The van der Waals surface area contributed by atoms with Crippen LogP contribution in [0.4, 0.5) is 0 Å². The van der Waals surface area contributed by atoms with Gasteiger partial charge in [-0.3, -0.25) is 0 Å². The molecule has 1 N–H and O–H groups in total. The molecule has 0 amide bonds. The lowest BCUT2D eigenvalue weighted by atomic mass is 9.86. The fraction of sp³-hybridized carbons (Fsp3) is 0.667. The summed E-state index contributed by atoms with van der Waals surface area (Å²) in [6.45, 7) is 6.05. The van der Waals surface area contributed by atoms with Crippen molar-refractivity contribution in [2.75, 3.05) is 32.7 Å². The normalized spacial score (nSPS) is 24.7. The van der Waals surface area contributed by atoms with Crippen LogP contribution >= 0.6 is 36.4 Å². The van der Waals surface area contributed by atoms with Gasteiger partial charge in [-0.15, -0.1) is 24.8 Å². The van der Waals surface area contributed by atoms with Crippen LogP contribution in [0.15, 0.2) is 24.3 Å². The second-order valence-corrected chi connectivity index (χ2v) is 7.02. The standard InChI is InChI=1S/C18H27ClN2.2ClH/c19-17-7-1-5-16(14-17)18-8-2-4-15(18)6-3-11-21-12-9-20-10-13-21;;/h1,5,7,14-15,18,20H,2-4,6,8-13H2;2*1H. The summed E-state index contributed by atoms with van der Waals surface area (Å²) in [7, 11) is 0. The number of hydrogen-bond donors (Lipinski definition) is 1. The molecule has 1 saturated heterocycles. The van der Waals surface area contributed by atoms with Crippen molar-refractivity contribution in [1.82, 2.24) is 10.2 Å². The third-order valence-corrected chi connectivity index (χ3v) is 5.43. The molecular formula is C18H29Cl3N2. The number of benzene rings is 1. The molecule has 23 heavy (non-hydrogen) atoms. The number of rotatable bonds is 5. The van der Waals surface area contributed by atoms with Gasteiger partial charge in [-0.25, -0.2) is 0 Å². The molecule has 5 heteroatoms. The lowest BCUT2D eigenvalue weighted by Gasteiger charge is -2.28. The van der Waals surface area contributed by atoms with Gasteiger partial charge in [-0.05, 0) is 61.8 Å². The van der Waals surface area contributed by atoms with Crippen LogP contribution in [-0.4, -0.2) is 37.6 Å². The summed E-state index contributed by atoms with van der Waals surface area (Å²) in [4.78, 5) is 2.61. The molecule has 1 saturated carbocycles. The summed E-state index contributed by atoms with van der Waals surface area (Å²) in [5.74, 6) is 1.61. The summed E-state index contributed by atoms with van der Waals surface area (Å²) in [5, 5.41) is 4.31. The molecule has 0 aromatic heterocycles. The van der Waals surface area contributed by atoms with Gasteiger partial charge in [0.25, 0.3) is 0 Å². The Labute approximate surface area is 158 Å². The molecule has 1 aliphatic heterocycles. The van der Waals surface area contributed by atoms with Crippen LogP contribution < -0.4 is 5.32 Å². The quantitative estimate of drug-likeness (QED) is 0.794. The minimum atomic E-state index is 0. The lowest BCUT2D eigenvalue weighted by Crippen LogP contribution is -2.43. The zero-order chi connectivity index (χ0) is 14.5. The molecule has 2 fully saturated rings. The van der Waals surface area contributed by atoms with E-state index in [2.05, 4.69) is 28.4 Å². The van der Waals surface area contributed by atoms with E-state index in [1.807, 2.05) is 6.07 Å². The van der Waals surface area contributed by atoms with E-state index in [0.29, 0.717) is 0 Å². The maximum Gasteiger partial charge on any atom is 0.0408 e. The van der Waals surface area contributed by atoms with Gasteiger partial charge < -0.3 is 10.2 Å². The van der Waals surface area contributed by atoms with E-state index in [4.69, 9.17) is 11.6 Å². The van der Waals surface area contributed by atoms with Gasteiger partial charge in [0.05, 0.1) is 0 Å². The van der Waals surface area contributed by atoms with Gasteiger partial charge in [0.1, 0.15) is 0 Å². The van der Waals surface area contributed by atoms with Gasteiger partial charge in [0.15, 0.2) is 0 Å². The van der Waals surface area contributed by atoms with Crippen molar-refractivity contribution in [3.63, 3.8) is 0 Å². The first-order valence-corrected chi connectivity index (χ1v) is 8.89. The highest BCUT2D eigenvalue weighted by atomic mass is 35.5. The first kappa shape index (κ1) is 21.1. The highest BCUT2D eigenvalue weighted by molar-refractivity contribution is 6.30. The molecule has 2 nitrogen and oxygen atoms in total. The number of nitrogens with zero attached hydrogens (tertiary/aromatic N) is 1.